The van der Waals surface area contributed by atoms with Crippen molar-refractivity contribution in [1.82, 2.24) is 0 Å². The normalized spacial score (nSPS) is 46.9. The fraction of sp³-hybridized carbons (Fsp3) is 0.923. The number of carboxylic acid groups (broad SMARTS) is 1. The smallest absolute Gasteiger partial charge is 0.317 e. The lowest BCUT2D eigenvalue weighted by molar-refractivity contribution is -0.138. The molecule has 1 atom stereocenters. The van der Waals surface area contributed by atoms with Crippen LogP contribution in [0.4, 0.5) is 0 Å². The highest BCUT2D eigenvalue weighted by Crippen LogP contribution is 2.61. The van der Waals surface area contributed by atoms with Crippen LogP contribution in [0.1, 0.15) is 44.9 Å². The zero-order valence-corrected chi connectivity index (χ0v) is 11.1. The summed E-state index contributed by atoms with van der Waals surface area (Å²) in [6, 6.07) is 0. The van der Waals surface area contributed by atoms with Gasteiger partial charge in [0, 0.05) is 0 Å². The van der Waals surface area contributed by atoms with E-state index in [0.29, 0.717) is 5.41 Å². The first-order valence-corrected chi connectivity index (χ1v) is 7.35. The third kappa shape index (κ3) is 1.81. The Morgan fingerprint density at radius 3 is 2.00 bits per heavy atom. The molecule has 4 saturated carbocycles. The average Bonchev–Trinajstić information content (AvgIpc) is 2.13. The molecule has 0 saturated heterocycles. The molecule has 2 nitrogen and oxygen atoms in total. The zero-order valence-electron chi connectivity index (χ0n) is 9.49. The highest BCUT2D eigenvalue weighted by Gasteiger charge is 2.51. The molecule has 0 aromatic heterocycles. The molecule has 1 unspecified atom stereocenters. The van der Waals surface area contributed by atoms with Gasteiger partial charge in [-0.25, -0.2) is 0 Å². The van der Waals surface area contributed by atoms with E-state index in [2.05, 4.69) is 15.9 Å². The third-order valence-electron chi connectivity index (χ3n) is 5.05. The lowest BCUT2D eigenvalue weighted by Gasteiger charge is -2.57. The first kappa shape index (κ1) is 11.1. The molecule has 4 rings (SSSR count). The standard InChI is InChI=1S/C13H19BrO2/c14-11(12(15)16)7-13-4-8-1-9(5-13)3-10(2-8)6-13/h8-11H,1-7H2,(H,15,16). The van der Waals surface area contributed by atoms with E-state index >= 15 is 0 Å². The molecular formula is C13H19BrO2. The Balaban J connectivity index is 1.76. The van der Waals surface area contributed by atoms with Gasteiger partial charge in [0.25, 0.3) is 0 Å². The highest BCUT2D eigenvalue weighted by atomic mass is 79.9. The SMILES string of the molecule is O=C(O)C(Br)CC12CC3CC(CC(C3)C1)C2. The van der Waals surface area contributed by atoms with Gasteiger partial charge in [0.05, 0.1) is 0 Å². The Morgan fingerprint density at radius 2 is 1.62 bits per heavy atom. The molecule has 4 bridgehead atoms. The number of carbonyl (C=O) groups is 1. The van der Waals surface area contributed by atoms with Crippen LogP contribution in [0.2, 0.25) is 0 Å². The molecule has 0 aromatic carbocycles. The number of rotatable bonds is 3. The summed E-state index contributed by atoms with van der Waals surface area (Å²) < 4.78 is 0. The van der Waals surface area contributed by atoms with Crippen molar-refractivity contribution in [2.75, 3.05) is 0 Å². The second-order valence-electron chi connectivity index (χ2n) is 6.43. The van der Waals surface area contributed by atoms with Gasteiger partial charge in [-0.15, -0.1) is 0 Å². The largest absolute Gasteiger partial charge is 0.480 e. The van der Waals surface area contributed by atoms with Crippen LogP contribution in [0.5, 0.6) is 0 Å². The summed E-state index contributed by atoms with van der Waals surface area (Å²) >= 11 is 3.33. The first-order valence-electron chi connectivity index (χ1n) is 6.43. The number of hydrogen-bond donors (Lipinski definition) is 1. The van der Waals surface area contributed by atoms with Gasteiger partial charge in [-0.05, 0) is 68.1 Å². The zero-order chi connectivity index (χ0) is 11.3. The Kier molecular flexibility index (Phi) is 2.58. The molecule has 0 aliphatic heterocycles. The molecule has 0 amide bonds. The molecule has 1 N–H and O–H groups in total. The van der Waals surface area contributed by atoms with E-state index in [0.717, 1.165) is 24.2 Å². The minimum absolute atomic E-state index is 0.330. The van der Waals surface area contributed by atoms with Gasteiger partial charge < -0.3 is 5.11 Å². The van der Waals surface area contributed by atoms with Crippen LogP contribution in [0.25, 0.3) is 0 Å². The number of alkyl halides is 1. The van der Waals surface area contributed by atoms with Gasteiger partial charge in [-0.3, -0.25) is 4.79 Å². The molecule has 3 heteroatoms. The maximum Gasteiger partial charge on any atom is 0.317 e. The number of carboxylic acids is 1. The van der Waals surface area contributed by atoms with Crippen molar-refractivity contribution in [3.05, 3.63) is 0 Å². The Bertz CT molecular complexity index is 278. The fourth-order valence-electron chi connectivity index (χ4n) is 5.01. The summed E-state index contributed by atoms with van der Waals surface area (Å²) in [5, 5.41) is 9.04. The molecular weight excluding hydrogens is 268 g/mol. The molecule has 0 spiro atoms. The van der Waals surface area contributed by atoms with E-state index < -0.39 is 5.97 Å². The quantitative estimate of drug-likeness (QED) is 0.807. The van der Waals surface area contributed by atoms with Gasteiger partial charge in [-0.2, -0.15) is 0 Å². The maximum absolute atomic E-state index is 11.0. The van der Waals surface area contributed by atoms with Gasteiger partial charge >= 0.3 is 5.97 Å². The van der Waals surface area contributed by atoms with Crippen LogP contribution < -0.4 is 0 Å². The van der Waals surface area contributed by atoms with E-state index in [1.165, 1.54) is 38.5 Å². The number of hydrogen-bond acceptors (Lipinski definition) is 1. The van der Waals surface area contributed by atoms with Crippen LogP contribution in [-0.4, -0.2) is 15.9 Å². The number of halogens is 1. The predicted molar refractivity (Wildman–Crippen MR) is 65.6 cm³/mol. The van der Waals surface area contributed by atoms with Gasteiger partial charge in [0.1, 0.15) is 4.83 Å². The van der Waals surface area contributed by atoms with Crippen molar-refractivity contribution >= 4 is 21.9 Å². The minimum Gasteiger partial charge on any atom is -0.480 e. The number of aliphatic carboxylic acids is 1. The molecule has 0 radical (unpaired) electrons. The topological polar surface area (TPSA) is 37.3 Å². The van der Waals surface area contributed by atoms with E-state index in [1.807, 2.05) is 0 Å². The second-order valence-corrected chi connectivity index (χ2v) is 7.53. The van der Waals surface area contributed by atoms with Crippen molar-refractivity contribution in [3.63, 3.8) is 0 Å². The summed E-state index contributed by atoms with van der Waals surface area (Å²) in [6.07, 6.45) is 9.04. The van der Waals surface area contributed by atoms with Crippen LogP contribution in [0.3, 0.4) is 0 Å². The molecule has 0 heterocycles. The Labute approximate surface area is 105 Å². The average molecular weight is 287 g/mol. The molecule has 4 fully saturated rings. The van der Waals surface area contributed by atoms with Crippen LogP contribution in [0.15, 0.2) is 0 Å². The summed E-state index contributed by atoms with van der Waals surface area (Å²) in [5.74, 6) is 2.06. The van der Waals surface area contributed by atoms with E-state index in [4.69, 9.17) is 5.11 Å². The van der Waals surface area contributed by atoms with Crippen molar-refractivity contribution in [2.24, 2.45) is 23.2 Å². The molecule has 0 aromatic rings. The highest BCUT2D eigenvalue weighted by molar-refractivity contribution is 9.10. The molecule has 4 aliphatic carbocycles. The van der Waals surface area contributed by atoms with Gasteiger partial charge in [0.15, 0.2) is 0 Å². The minimum atomic E-state index is -0.684. The van der Waals surface area contributed by atoms with Crippen LogP contribution in [-0.2, 0) is 4.79 Å². The van der Waals surface area contributed by atoms with Crippen LogP contribution >= 0.6 is 15.9 Å². The third-order valence-corrected chi connectivity index (χ3v) is 5.76. The van der Waals surface area contributed by atoms with Crippen molar-refractivity contribution in [2.45, 2.75) is 49.8 Å². The van der Waals surface area contributed by atoms with Gasteiger partial charge in [0.2, 0.25) is 0 Å². The Morgan fingerprint density at radius 1 is 1.19 bits per heavy atom. The Hall–Kier alpha value is -0.0500. The molecule has 16 heavy (non-hydrogen) atoms. The van der Waals surface area contributed by atoms with Gasteiger partial charge in [-0.1, -0.05) is 15.9 Å². The molecule has 4 aliphatic rings. The van der Waals surface area contributed by atoms with E-state index in [-0.39, 0.29) is 4.83 Å². The lowest BCUT2D eigenvalue weighted by atomic mass is 9.48. The fourth-order valence-corrected chi connectivity index (χ4v) is 5.69. The maximum atomic E-state index is 11.0. The lowest BCUT2D eigenvalue weighted by Crippen LogP contribution is -2.47. The summed E-state index contributed by atoms with van der Waals surface area (Å²) in [5.41, 5.74) is 0.376. The molecule has 90 valence electrons. The summed E-state index contributed by atoms with van der Waals surface area (Å²) in [7, 11) is 0. The van der Waals surface area contributed by atoms with E-state index in [1.54, 1.807) is 0 Å². The second kappa shape index (κ2) is 3.72. The van der Waals surface area contributed by atoms with Crippen molar-refractivity contribution < 1.29 is 9.90 Å². The summed E-state index contributed by atoms with van der Waals surface area (Å²) in [6.45, 7) is 0. The van der Waals surface area contributed by atoms with Crippen molar-refractivity contribution in [3.8, 4) is 0 Å². The predicted octanol–water partition coefficient (Wildman–Crippen LogP) is 3.44. The monoisotopic (exact) mass is 286 g/mol. The van der Waals surface area contributed by atoms with E-state index in [9.17, 15) is 4.79 Å². The first-order chi connectivity index (χ1) is 7.56. The van der Waals surface area contributed by atoms with Crippen molar-refractivity contribution in [1.29, 1.82) is 0 Å². The summed E-state index contributed by atoms with van der Waals surface area (Å²) in [4.78, 5) is 10.6. The van der Waals surface area contributed by atoms with Crippen LogP contribution in [0, 0.1) is 23.2 Å².